The predicted molar refractivity (Wildman–Crippen MR) is 153 cm³/mol. The molecule has 0 amide bonds. The highest BCUT2D eigenvalue weighted by Gasteiger charge is 2.15. The van der Waals surface area contributed by atoms with Crippen LogP contribution in [-0.2, 0) is 0 Å². The Kier molecular flexibility index (Phi) is 17.8. The summed E-state index contributed by atoms with van der Waals surface area (Å²) in [5.41, 5.74) is 0. The summed E-state index contributed by atoms with van der Waals surface area (Å²) in [7, 11) is 8.84. The molecule has 0 aromatic heterocycles. The second-order valence-corrected chi connectivity index (χ2v) is 12.3. The van der Waals surface area contributed by atoms with Gasteiger partial charge in [-0.25, -0.2) is 0 Å². The van der Waals surface area contributed by atoms with E-state index >= 15 is 0 Å². The number of piperidine rings is 4. The van der Waals surface area contributed by atoms with Crippen molar-refractivity contribution in [1.29, 1.82) is 0 Å². The summed E-state index contributed by atoms with van der Waals surface area (Å²) in [6.07, 6.45) is 14.1. The minimum absolute atomic E-state index is 0.939. The Hall–Kier alpha value is -0.160. The Bertz CT molecular complexity index is 437. The van der Waals surface area contributed by atoms with Gasteiger partial charge in [0.15, 0.2) is 0 Å². The Labute approximate surface area is 215 Å². The lowest BCUT2D eigenvalue weighted by Crippen LogP contribution is -2.31. The van der Waals surface area contributed by atoms with Gasteiger partial charge >= 0.3 is 0 Å². The molecular weight excluding hydrogens is 416 g/mol. The van der Waals surface area contributed by atoms with Crippen molar-refractivity contribution in [3.63, 3.8) is 0 Å². The maximum absolute atomic E-state index is 2.44. The van der Waals surface area contributed by atoms with E-state index in [0.717, 1.165) is 23.7 Å². The van der Waals surface area contributed by atoms with Crippen molar-refractivity contribution in [2.24, 2.45) is 23.7 Å². The van der Waals surface area contributed by atoms with Gasteiger partial charge in [-0.05, 0) is 142 Å². The molecule has 0 N–H and O–H groups in total. The lowest BCUT2D eigenvalue weighted by atomic mass is 9.95. The number of rotatable bonds is 2. The van der Waals surface area contributed by atoms with Crippen LogP contribution in [0.5, 0.6) is 0 Å². The van der Waals surface area contributed by atoms with Gasteiger partial charge in [0.25, 0.3) is 0 Å². The molecule has 4 heteroatoms. The van der Waals surface area contributed by atoms with Gasteiger partial charge in [-0.3, -0.25) is 0 Å². The van der Waals surface area contributed by atoms with Crippen LogP contribution >= 0.6 is 0 Å². The van der Waals surface area contributed by atoms with Crippen LogP contribution in [0.3, 0.4) is 0 Å². The molecule has 0 aliphatic carbocycles. The predicted octanol–water partition coefficient (Wildman–Crippen LogP) is 6.17. The molecule has 4 aliphatic heterocycles. The molecule has 0 aromatic carbocycles. The van der Waals surface area contributed by atoms with E-state index in [0.29, 0.717) is 0 Å². The van der Waals surface area contributed by atoms with Crippen molar-refractivity contribution in [1.82, 2.24) is 19.6 Å². The van der Waals surface area contributed by atoms with Crippen molar-refractivity contribution in [2.75, 3.05) is 80.5 Å². The lowest BCUT2D eigenvalue weighted by molar-refractivity contribution is 0.206. The van der Waals surface area contributed by atoms with E-state index in [4.69, 9.17) is 0 Å². The number of hydrogen-bond donors (Lipinski definition) is 0. The first kappa shape index (κ1) is 31.9. The van der Waals surface area contributed by atoms with E-state index in [1.807, 2.05) is 0 Å². The van der Waals surface area contributed by atoms with Crippen LogP contribution in [0.4, 0.5) is 0 Å². The molecule has 0 bridgehead atoms. The highest BCUT2D eigenvalue weighted by atomic mass is 15.1. The van der Waals surface area contributed by atoms with Crippen molar-refractivity contribution >= 4 is 0 Å². The molecule has 0 saturated carbocycles. The number of hydrogen-bond acceptors (Lipinski definition) is 4. The zero-order valence-corrected chi connectivity index (χ0v) is 24.8. The Morgan fingerprint density at radius 3 is 1.29 bits per heavy atom. The Morgan fingerprint density at radius 2 is 0.941 bits per heavy atom. The quantitative estimate of drug-likeness (QED) is 0.468. The normalized spacial score (nSPS) is 28.6. The Balaban J connectivity index is 0.000000227. The summed E-state index contributed by atoms with van der Waals surface area (Å²) in [6.45, 7) is 19.8. The smallest absolute Gasteiger partial charge is 0.000651 e. The van der Waals surface area contributed by atoms with Crippen LogP contribution in [0, 0.1) is 23.7 Å². The van der Waals surface area contributed by atoms with Gasteiger partial charge in [0.1, 0.15) is 0 Å². The van der Waals surface area contributed by atoms with Gasteiger partial charge in [0.05, 0.1) is 0 Å². The third-order valence-electron chi connectivity index (χ3n) is 8.58. The molecular formula is C30H64N4. The highest BCUT2D eigenvalue weighted by molar-refractivity contribution is 4.69. The lowest BCUT2D eigenvalue weighted by Gasteiger charge is -2.28. The van der Waals surface area contributed by atoms with Crippen LogP contribution in [0.25, 0.3) is 0 Å². The summed E-state index contributed by atoms with van der Waals surface area (Å²) in [5, 5.41) is 0. The van der Waals surface area contributed by atoms with Crippen molar-refractivity contribution < 1.29 is 0 Å². The van der Waals surface area contributed by atoms with Gasteiger partial charge in [0.2, 0.25) is 0 Å². The molecule has 4 nitrogen and oxygen atoms in total. The third kappa shape index (κ3) is 15.8. The second-order valence-electron chi connectivity index (χ2n) is 12.3. The van der Waals surface area contributed by atoms with Crippen molar-refractivity contribution in [3.05, 3.63) is 0 Å². The molecule has 4 saturated heterocycles. The van der Waals surface area contributed by atoms with E-state index in [2.05, 4.69) is 75.5 Å². The van der Waals surface area contributed by atoms with Gasteiger partial charge < -0.3 is 19.6 Å². The largest absolute Gasteiger partial charge is 0.306 e. The number of likely N-dealkylation sites (tertiary alicyclic amines) is 4. The van der Waals surface area contributed by atoms with Gasteiger partial charge in [-0.1, -0.05) is 40.5 Å². The molecule has 4 aliphatic rings. The molecule has 2 atom stereocenters. The topological polar surface area (TPSA) is 13.0 Å². The molecule has 4 heterocycles. The zero-order valence-electron chi connectivity index (χ0n) is 24.8. The van der Waals surface area contributed by atoms with E-state index < -0.39 is 0 Å². The van der Waals surface area contributed by atoms with E-state index in [9.17, 15) is 0 Å². The minimum Gasteiger partial charge on any atom is -0.306 e. The molecule has 0 aromatic rings. The maximum Gasteiger partial charge on any atom is 0.000651 e. The summed E-state index contributed by atoms with van der Waals surface area (Å²) in [4.78, 5) is 9.68. The van der Waals surface area contributed by atoms with Crippen LogP contribution in [-0.4, -0.2) is 100 Å². The SMILES string of the molecule is CC1CCCN(C)C1.CC1CCN(C)CC1.CCC1CCCN(C)C1.CCC1CCN(C)CC1. The fourth-order valence-electron chi connectivity index (χ4n) is 5.64. The molecule has 34 heavy (non-hydrogen) atoms. The summed E-state index contributed by atoms with van der Waals surface area (Å²) in [5.74, 6) is 3.94. The highest BCUT2D eigenvalue weighted by Crippen LogP contribution is 2.18. The Morgan fingerprint density at radius 1 is 0.471 bits per heavy atom. The molecule has 0 spiro atoms. The van der Waals surface area contributed by atoms with Gasteiger partial charge in [-0.2, -0.15) is 0 Å². The van der Waals surface area contributed by atoms with Crippen LogP contribution in [0.2, 0.25) is 0 Å². The van der Waals surface area contributed by atoms with Gasteiger partial charge in [0, 0.05) is 13.1 Å². The average Bonchev–Trinajstić information content (AvgIpc) is 2.82. The van der Waals surface area contributed by atoms with Crippen LogP contribution < -0.4 is 0 Å². The first-order valence-corrected chi connectivity index (χ1v) is 15.0. The molecule has 204 valence electrons. The maximum atomic E-state index is 2.44. The van der Waals surface area contributed by atoms with Crippen molar-refractivity contribution in [3.8, 4) is 0 Å². The zero-order chi connectivity index (χ0) is 25.3. The minimum atomic E-state index is 0.939. The van der Waals surface area contributed by atoms with Gasteiger partial charge in [-0.15, -0.1) is 0 Å². The van der Waals surface area contributed by atoms with Crippen LogP contribution in [0.15, 0.2) is 0 Å². The monoisotopic (exact) mass is 481 g/mol. The molecule has 2 unspecified atom stereocenters. The first-order chi connectivity index (χ1) is 16.2. The molecule has 4 rings (SSSR count). The molecule has 0 radical (unpaired) electrons. The summed E-state index contributed by atoms with van der Waals surface area (Å²) in [6, 6.07) is 0. The van der Waals surface area contributed by atoms with E-state index in [-0.39, 0.29) is 0 Å². The first-order valence-electron chi connectivity index (χ1n) is 15.0. The second kappa shape index (κ2) is 19.0. The summed E-state index contributed by atoms with van der Waals surface area (Å²) >= 11 is 0. The molecule has 4 fully saturated rings. The fraction of sp³-hybridized carbons (Fsp3) is 1.00. The third-order valence-corrected chi connectivity index (χ3v) is 8.58. The fourth-order valence-corrected chi connectivity index (χ4v) is 5.64. The number of nitrogens with zero attached hydrogens (tertiary/aromatic N) is 4. The summed E-state index contributed by atoms with van der Waals surface area (Å²) < 4.78 is 0. The standard InChI is InChI=1S/2C8H17N.2C7H15N/c1-3-8-4-6-9(2)7-5-8;1-3-8-5-4-6-9(2)7-8;1-7-3-5-8(2)6-4-7;1-7-4-3-5-8(2)6-7/h2*8H,3-7H2,1-2H3;2*7H,3-6H2,1-2H3. The van der Waals surface area contributed by atoms with E-state index in [1.165, 1.54) is 117 Å². The average molecular weight is 481 g/mol. The van der Waals surface area contributed by atoms with E-state index in [1.54, 1.807) is 0 Å². The van der Waals surface area contributed by atoms with Crippen molar-refractivity contribution in [2.45, 2.75) is 91.9 Å². The van der Waals surface area contributed by atoms with Crippen LogP contribution in [0.1, 0.15) is 91.9 Å².